The monoisotopic (exact) mass is 458 g/mol. The van der Waals surface area contributed by atoms with Crippen molar-refractivity contribution >= 4 is 10.4 Å². The van der Waals surface area contributed by atoms with Crippen LogP contribution in [0.4, 0.5) is 0 Å². The fraction of sp³-hybridized carbons (Fsp3) is 1.00. The Hall–Kier alpha value is -0.210. The summed E-state index contributed by atoms with van der Waals surface area (Å²) in [4.78, 5) is 0. The molecule has 0 saturated heterocycles. The second kappa shape index (κ2) is 8.23. The highest BCUT2D eigenvalue weighted by atomic mass is 32.3. The van der Waals surface area contributed by atoms with Crippen LogP contribution in [0.1, 0.15) is 79.1 Å². The van der Waals surface area contributed by atoms with Gasteiger partial charge in [-0.05, 0) is 104 Å². The van der Waals surface area contributed by atoms with Crippen LogP contribution in [0.5, 0.6) is 0 Å². The van der Waals surface area contributed by atoms with Crippen LogP contribution in [0.3, 0.4) is 0 Å². The molecular weight excluding hydrogens is 416 g/mol. The van der Waals surface area contributed by atoms with Crippen molar-refractivity contribution in [3.8, 4) is 0 Å². The van der Waals surface area contributed by atoms with Gasteiger partial charge >= 0.3 is 10.4 Å². The number of hydrogen-bond acceptors (Lipinski definition) is 5. The first kappa shape index (κ1) is 23.9. The molecule has 180 valence electrons. The molecule has 0 amide bonds. The maximum absolute atomic E-state index is 11.5. The predicted octanol–water partition coefficient (Wildman–Crippen LogP) is 4.07. The fourth-order valence-corrected chi connectivity index (χ4v) is 9.47. The maximum Gasteiger partial charge on any atom is 0.397 e. The Bertz CT molecular complexity index is 770. The predicted molar refractivity (Wildman–Crippen MR) is 118 cm³/mol. The highest BCUT2D eigenvalue weighted by molar-refractivity contribution is 7.80. The van der Waals surface area contributed by atoms with Gasteiger partial charge in [0, 0.05) is 0 Å². The normalized spacial score (nSPS) is 50.9. The van der Waals surface area contributed by atoms with Gasteiger partial charge in [0.1, 0.15) is 0 Å². The first-order chi connectivity index (χ1) is 14.4. The van der Waals surface area contributed by atoms with Gasteiger partial charge in [-0.25, -0.2) is 4.18 Å². The molecular formula is C24H42O6S. The van der Waals surface area contributed by atoms with Gasteiger partial charge in [0.25, 0.3) is 0 Å². The van der Waals surface area contributed by atoms with Crippen LogP contribution in [0.2, 0.25) is 0 Å². The van der Waals surface area contributed by atoms with Crippen LogP contribution >= 0.6 is 0 Å². The lowest BCUT2D eigenvalue weighted by molar-refractivity contribution is -0.199. The lowest BCUT2D eigenvalue weighted by atomic mass is 9.42. The smallest absolute Gasteiger partial charge is 0.393 e. The van der Waals surface area contributed by atoms with Gasteiger partial charge < -0.3 is 10.2 Å². The minimum atomic E-state index is -4.38. The van der Waals surface area contributed by atoms with Crippen LogP contribution in [-0.4, -0.2) is 42.0 Å². The molecule has 0 aromatic carbocycles. The lowest BCUT2D eigenvalue weighted by Crippen LogP contribution is -2.61. The van der Waals surface area contributed by atoms with Crippen LogP contribution < -0.4 is 0 Å². The van der Waals surface area contributed by atoms with E-state index in [1.54, 1.807) is 0 Å². The Balaban J connectivity index is 1.54. The average Bonchev–Trinajstić information content (AvgIpc) is 3.03. The average molecular weight is 459 g/mol. The van der Waals surface area contributed by atoms with E-state index < -0.39 is 10.4 Å². The van der Waals surface area contributed by atoms with Gasteiger partial charge in [0.2, 0.25) is 0 Å². The van der Waals surface area contributed by atoms with Crippen molar-refractivity contribution < 1.29 is 27.4 Å². The SMILES string of the molecule is C[C@H](CCOS(=O)(=O)O)[C@H]1CCC2C3C(O)[C@H](C)[C@@H]4C[C@H](O)CC[C@]4(C)C3CC[C@@]21C. The molecule has 4 rings (SSSR count). The second-order valence-corrected chi connectivity index (χ2v) is 13.0. The molecule has 4 fully saturated rings. The maximum atomic E-state index is 11.5. The Morgan fingerprint density at radius 1 is 1.00 bits per heavy atom. The lowest BCUT2D eigenvalue weighted by Gasteiger charge is -2.64. The number of hydrogen-bond donors (Lipinski definition) is 3. The first-order valence-corrected chi connectivity index (χ1v) is 13.7. The van der Waals surface area contributed by atoms with Gasteiger partial charge in [0.05, 0.1) is 18.8 Å². The van der Waals surface area contributed by atoms with E-state index in [4.69, 9.17) is 4.55 Å². The molecule has 6 nitrogen and oxygen atoms in total. The van der Waals surface area contributed by atoms with Crippen molar-refractivity contribution in [2.24, 2.45) is 52.3 Å². The summed E-state index contributed by atoms with van der Waals surface area (Å²) in [5.41, 5.74) is 0.355. The molecule has 31 heavy (non-hydrogen) atoms. The summed E-state index contributed by atoms with van der Waals surface area (Å²) in [6, 6.07) is 0. The number of aliphatic hydroxyl groups is 2. The Labute approximate surface area is 188 Å². The third kappa shape index (κ3) is 4.01. The van der Waals surface area contributed by atoms with Gasteiger partial charge in [-0.3, -0.25) is 4.55 Å². The highest BCUT2D eigenvalue weighted by Gasteiger charge is 2.64. The van der Waals surface area contributed by atoms with Crippen molar-refractivity contribution in [3.05, 3.63) is 0 Å². The van der Waals surface area contributed by atoms with Gasteiger partial charge in [0.15, 0.2) is 0 Å². The molecule has 4 aliphatic rings. The zero-order chi connectivity index (χ0) is 22.8. The summed E-state index contributed by atoms with van der Waals surface area (Å²) in [7, 11) is -4.38. The van der Waals surface area contributed by atoms with E-state index in [1.807, 2.05) is 0 Å². The topological polar surface area (TPSA) is 104 Å². The van der Waals surface area contributed by atoms with Crippen molar-refractivity contribution in [2.75, 3.05) is 6.61 Å². The number of fused-ring (bicyclic) bond motifs is 5. The summed E-state index contributed by atoms with van der Waals surface area (Å²) >= 11 is 0. The molecule has 4 aliphatic carbocycles. The zero-order valence-corrected chi connectivity index (χ0v) is 20.4. The first-order valence-electron chi connectivity index (χ1n) is 12.4. The summed E-state index contributed by atoms with van der Waals surface area (Å²) in [5.74, 6) is 2.71. The van der Waals surface area contributed by atoms with Crippen LogP contribution in [0, 0.1) is 52.3 Å². The van der Waals surface area contributed by atoms with E-state index in [9.17, 15) is 18.6 Å². The molecule has 0 aromatic heterocycles. The van der Waals surface area contributed by atoms with E-state index in [0.717, 1.165) is 44.9 Å². The van der Waals surface area contributed by atoms with Crippen molar-refractivity contribution in [1.82, 2.24) is 0 Å². The standard InChI is InChI=1S/C24H42O6S/c1-14(9-12-30-31(27,28)29)17-5-6-18-21-19(8-11-23(17,18)3)24(4)10-7-16(25)13-20(24)15(2)22(21)26/h14-22,25-26H,5-13H2,1-4H3,(H,27,28,29)/t14-,15-,16-,17-,18?,19?,20+,21?,22?,23-,24-/m1/s1. The van der Waals surface area contributed by atoms with E-state index in [0.29, 0.717) is 41.9 Å². The third-order valence-corrected chi connectivity index (χ3v) is 11.2. The van der Waals surface area contributed by atoms with Crippen molar-refractivity contribution in [2.45, 2.75) is 91.3 Å². The Morgan fingerprint density at radius 2 is 1.65 bits per heavy atom. The molecule has 0 radical (unpaired) electrons. The molecule has 0 aliphatic heterocycles. The number of aliphatic hydroxyl groups excluding tert-OH is 2. The van der Waals surface area contributed by atoms with E-state index in [-0.39, 0.29) is 35.6 Å². The van der Waals surface area contributed by atoms with E-state index >= 15 is 0 Å². The fourth-order valence-electron chi connectivity index (χ4n) is 9.16. The van der Waals surface area contributed by atoms with E-state index in [1.165, 1.54) is 0 Å². The molecule has 3 N–H and O–H groups in total. The molecule has 4 saturated carbocycles. The number of rotatable bonds is 5. The second-order valence-electron chi connectivity index (χ2n) is 11.9. The summed E-state index contributed by atoms with van der Waals surface area (Å²) in [6.45, 7) is 9.24. The molecule has 0 heterocycles. The Kier molecular flexibility index (Phi) is 6.35. The highest BCUT2D eigenvalue weighted by Crippen LogP contribution is 2.69. The van der Waals surface area contributed by atoms with Crippen LogP contribution in [-0.2, 0) is 14.6 Å². The zero-order valence-electron chi connectivity index (χ0n) is 19.5. The van der Waals surface area contributed by atoms with Crippen LogP contribution in [0.25, 0.3) is 0 Å². The molecule has 7 heteroatoms. The molecule has 0 aromatic rings. The summed E-state index contributed by atoms with van der Waals surface area (Å²) in [6.07, 6.45) is 7.37. The van der Waals surface area contributed by atoms with Gasteiger partial charge in [-0.1, -0.05) is 27.7 Å². The summed E-state index contributed by atoms with van der Waals surface area (Å²) < 4.78 is 35.3. The van der Waals surface area contributed by atoms with E-state index in [2.05, 4.69) is 31.9 Å². The van der Waals surface area contributed by atoms with Crippen molar-refractivity contribution in [1.29, 1.82) is 0 Å². The largest absolute Gasteiger partial charge is 0.397 e. The minimum Gasteiger partial charge on any atom is -0.393 e. The molecule has 11 atom stereocenters. The van der Waals surface area contributed by atoms with Gasteiger partial charge in [-0.2, -0.15) is 8.42 Å². The molecule has 0 spiro atoms. The minimum absolute atomic E-state index is 0.0189. The molecule has 0 bridgehead atoms. The third-order valence-electron chi connectivity index (χ3n) is 10.7. The quantitative estimate of drug-likeness (QED) is 0.537. The Morgan fingerprint density at radius 3 is 2.32 bits per heavy atom. The van der Waals surface area contributed by atoms with Gasteiger partial charge in [-0.15, -0.1) is 0 Å². The van der Waals surface area contributed by atoms with Crippen molar-refractivity contribution in [3.63, 3.8) is 0 Å². The molecule has 4 unspecified atom stereocenters. The van der Waals surface area contributed by atoms with Crippen LogP contribution in [0.15, 0.2) is 0 Å². The summed E-state index contributed by atoms with van der Waals surface area (Å²) in [5, 5.41) is 21.9.